The third kappa shape index (κ3) is 2.62. The minimum absolute atomic E-state index is 0.126. The number of aromatic nitrogens is 1. The number of methoxy groups -OCH3 is 1. The van der Waals surface area contributed by atoms with Crippen molar-refractivity contribution in [3.8, 4) is 11.6 Å². The summed E-state index contributed by atoms with van der Waals surface area (Å²) in [4.78, 5) is 3.52. The molecule has 0 N–H and O–H groups in total. The minimum atomic E-state index is -5.75. The Morgan fingerprint density at radius 3 is 2.50 bits per heavy atom. The Labute approximate surface area is 112 Å². The van der Waals surface area contributed by atoms with Crippen LogP contribution in [0.3, 0.4) is 0 Å². The molecule has 0 fully saturated rings. The van der Waals surface area contributed by atoms with Crippen LogP contribution in [0.4, 0.5) is 13.2 Å². The molecule has 2 rings (SSSR count). The van der Waals surface area contributed by atoms with Gasteiger partial charge in [-0.05, 0) is 29.7 Å². The van der Waals surface area contributed by atoms with Gasteiger partial charge in [-0.2, -0.15) is 21.6 Å². The zero-order valence-electron chi connectivity index (χ0n) is 10.0. The fraction of sp³-hybridized carbons (Fsp3) is 0.182. The van der Waals surface area contributed by atoms with Gasteiger partial charge in [0.2, 0.25) is 5.88 Å². The van der Waals surface area contributed by atoms with Crippen molar-refractivity contribution < 1.29 is 30.5 Å². The number of hydrogen-bond acceptors (Lipinski definition) is 5. The molecule has 0 atom stereocenters. The Bertz CT molecular complexity index is 743. The maximum Gasteiger partial charge on any atom is 0.534 e. The van der Waals surface area contributed by atoms with Crippen LogP contribution < -0.4 is 8.92 Å². The highest BCUT2D eigenvalue weighted by molar-refractivity contribution is 7.88. The van der Waals surface area contributed by atoms with Crippen LogP contribution in [0.15, 0.2) is 30.5 Å². The Balaban J connectivity index is 2.51. The molecule has 0 amide bonds. The number of halogens is 3. The molecule has 1 aromatic carbocycles. The smallest absolute Gasteiger partial charge is 0.497 e. The highest BCUT2D eigenvalue weighted by atomic mass is 32.2. The maximum absolute atomic E-state index is 12.3. The average molecular weight is 307 g/mol. The Morgan fingerprint density at radius 1 is 1.20 bits per heavy atom. The molecule has 0 aliphatic carbocycles. The molecule has 0 saturated heterocycles. The van der Waals surface area contributed by atoms with E-state index in [9.17, 15) is 21.6 Å². The lowest BCUT2D eigenvalue weighted by Crippen LogP contribution is -2.28. The van der Waals surface area contributed by atoms with Crippen LogP contribution in [-0.2, 0) is 10.1 Å². The van der Waals surface area contributed by atoms with Gasteiger partial charge in [0.05, 0.1) is 7.11 Å². The van der Waals surface area contributed by atoms with Crippen LogP contribution in [0.5, 0.6) is 11.6 Å². The van der Waals surface area contributed by atoms with E-state index in [1.165, 1.54) is 31.4 Å². The van der Waals surface area contributed by atoms with Gasteiger partial charge >= 0.3 is 15.6 Å². The Hall–Kier alpha value is -2.03. The van der Waals surface area contributed by atoms with E-state index in [4.69, 9.17) is 4.74 Å². The van der Waals surface area contributed by atoms with Crippen LogP contribution in [0.25, 0.3) is 10.8 Å². The zero-order chi connectivity index (χ0) is 15.0. The molecular weight excluding hydrogens is 299 g/mol. The molecule has 108 valence electrons. The summed E-state index contributed by atoms with van der Waals surface area (Å²) >= 11 is 0. The highest BCUT2D eigenvalue weighted by Gasteiger charge is 2.49. The van der Waals surface area contributed by atoms with Crippen LogP contribution in [0.1, 0.15) is 0 Å². The first-order valence-electron chi connectivity index (χ1n) is 5.18. The van der Waals surface area contributed by atoms with Crippen molar-refractivity contribution >= 4 is 20.9 Å². The van der Waals surface area contributed by atoms with E-state index in [1.54, 1.807) is 0 Å². The molecule has 0 saturated carbocycles. The maximum atomic E-state index is 12.3. The van der Waals surface area contributed by atoms with E-state index < -0.39 is 21.5 Å². The van der Waals surface area contributed by atoms with Crippen LogP contribution in [-0.4, -0.2) is 26.0 Å². The molecule has 0 bridgehead atoms. The number of nitrogens with zero attached hydrogens (tertiary/aromatic N) is 1. The average Bonchev–Trinajstić information content (AvgIpc) is 2.36. The van der Waals surface area contributed by atoms with Crippen LogP contribution in [0.2, 0.25) is 0 Å². The first-order valence-corrected chi connectivity index (χ1v) is 6.59. The summed E-state index contributed by atoms with van der Waals surface area (Å²) < 4.78 is 67.8. The lowest BCUT2D eigenvalue weighted by molar-refractivity contribution is -0.0500. The van der Waals surface area contributed by atoms with E-state index >= 15 is 0 Å². The van der Waals surface area contributed by atoms with Gasteiger partial charge < -0.3 is 8.92 Å². The monoisotopic (exact) mass is 307 g/mol. The van der Waals surface area contributed by atoms with E-state index in [1.807, 2.05) is 0 Å². The van der Waals surface area contributed by atoms with Crippen molar-refractivity contribution in [3.05, 3.63) is 30.5 Å². The molecule has 0 radical (unpaired) electrons. The van der Waals surface area contributed by atoms with Gasteiger partial charge in [0.25, 0.3) is 0 Å². The summed E-state index contributed by atoms with van der Waals surface area (Å²) in [5.41, 5.74) is -5.51. The van der Waals surface area contributed by atoms with Gasteiger partial charge in [0.1, 0.15) is 5.75 Å². The molecule has 0 aliphatic heterocycles. The summed E-state index contributed by atoms with van der Waals surface area (Å²) in [7, 11) is -4.33. The topological polar surface area (TPSA) is 65.5 Å². The van der Waals surface area contributed by atoms with Crippen molar-refractivity contribution in [2.75, 3.05) is 7.11 Å². The standard InChI is InChI=1S/C11H8F3NO4S/c1-18-8-2-3-9-7(6-8)4-5-15-10(9)19-20(16,17)11(12,13)14/h2-6H,1H3. The first kappa shape index (κ1) is 14.4. The molecule has 1 heterocycles. The fourth-order valence-corrected chi connectivity index (χ4v) is 1.91. The van der Waals surface area contributed by atoms with Crippen LogP contribution in [0, 0.1) is 0 Å². The molecule has 2 aromatic rings. The largest absolute Gasteiger partial charge is 0.534 e. The van der Waals surface area contributed by atoms with Crippen molar-refractivity contribution in [2.24, 2.45) is 0 Å². The quantitative estimate of drug-likeness (QED) is 0.644. The molecule has 0 spiro atoms. The van der Waals surface area contributed by atoms with E-state index in [0.717, 1.165) is 6.20 Å². The van der Waals surface area contributed by atoms with Gasteiger partial charge in [-0.15, -0.1) is 0 Å². The lowest BCUT2D eigenvalue weighted by Gasteiger charge is -2.10. The number of rotatable bonds is 3. The van der Waals surface area contributed by atoms with Crippen LogP contribution >= 0.6 is 0 Å². The summed E-state index contributed by atoms with van der Waals surface area (Å²) in [6.07, 6.45) is 1.14. The van der Waals surface area contributed by atoms with Crippen molar-refractivity contribution in [3.63, 3.8) is 0 Å². The van der Waals surface area contributed by atoms with E-state index in [2.05, 4.69) is 9.17 Å². The summed E-state index contributed by atoms with van der Waals surface area (Å²) in [5.74, 6) is -0.171. The minimum Gasteiger partial charge on any atom is -0.497 e. The number of ether oxygens (including phenoxy) is 1. The number of hydrogen-bond donors (Lipinski definition) is 0. The van der Waals surface area contributed by atoms with Gasteiger partial charge in [-0.3, -0.25) is 0 Å². The SMILES string of the molecule is COc1ccc2c(OS(=O)(=O)C(F)(F)F)nccc2c1. The molecule has 9 heteroatoms. The second kappa shape index (κ2) is 4.82. The predicted octanol–water partition coefficient (Wildman–Crippen LogP) is 2.47. The normalized spacial score (nSPS) is 12.4. The lowest BCUT2D eigenvalue weighted by atomic mass is 10.1. The van der Waals surface area contributed by atoms with Crippen molar-refractivity contribution in [1.29, 1.82) is 0 Å². The molecule has 20 heavy (non-hydrogen) atoms. The van der Waals surface area contributed by atoms with E-state index in [0.29, 0.717) is 11.1 Å². The number of pyridine rings is 1. The third-order valence-corrected chi connectivity index (χ3v) is 3.35. The molecular formula is C11H8F3NO4S. The summed E-state index contributed by atoms with van der Waals surface area (Å²) in [6, 6.07) is 5.83. The molecule has 1 aromatic heterocycles. The second-order valence-corrected chi connectivity index (χ2v) is 5.22. The highest BCUT2D eigenvalue weighted by Crippen LogP contribution is 2.31. The summed E-state index contributed by atoms with van der Waals surface area (Å²) in [6.45, 7) is 0. The Morgan fingerprint density at radius 2 is 1.90 bits per heavy atom. The fourth-order valence-electron chi connectivity index (χ4n) is 1.47. The third-order valence-electron chi connectivity index (χ3n) is 2.41. The summed E-state index contributed by atoms with van der Waals surface area (Å²) in [5, 5.41) is 0.563. The van der Waals surface area contributed by atoms with Crippen molar-refractivity contribution in [2.45, 2.75) is 5.51 Å². The number of alkyl halides is 3. The zero-order valence-corrected chi connectivity index (χ0v) is 10.8. The predicted molar refractivity (Wildman–Crippen MR) is 63.9 cm³/mol. The number of fused-ring (bicyclic) bond motifs is 1. The molecule has 5 nitrogen and oxygen atoms in total. The first-order chi connectivity index (χ1) is 9.24. The van der Waals surface area contributed by atoms with Gasteiger partial charge in [0, 0.05) is 11.6 Å². The number of benzene rings is 1. The van der Waals surface area contributed by atoms with Gasteiger partial charge in [0.15, 0.2) is 0 Å². The Kier molecular flexibility index (Phi) is 3.46. The van der Waals surface area contributed by atoms with E-state index in [-0.39, 0.29) is 5.39 Å². The van der Waals surface area contributed by atoms with Gasteiger partial charge in [-0.1, -0.05) is 0 Å². The second-order valence-electron chi connectivity index (χ2n) is 3.69. The molecule has 0 unspecified atom stereocenters. The van der Waals surface area contributed by atoms with Gasteiger partial charge in [-0.25, -0.2) is 4.98 Å². The van der Waals surface area contributed by atoms with Crippen molar-refractivity contribution in [1.82, 2.24) is 4.98 Å². The molecule has 0 aliphatic rings.